The molecule has 0 radical (unpaired) electrons. The molecule has 2 aromatic rings. The highest BCUT2D eigenvalue weighted by atomic mass is 19.1. The van der Waals surface area contributed by atoms with Crippen molar-refractivity contribution in [3.8, 4) is 6.07 Å². The monoisotopic (exact) mass is 450 g/mol. The van der Waals surface area contributed by atoms with Crippen molar-refractivity contribution >= 4 is 23.2 Å². The van der Waals surface area contributed by atoms with E-state index in [1.165, 1.54) is 30.5 Å². The molecule has 0 saturated carbocycles. The molecule has 1 aliphatic rings. The molecule has 3 rings (SSSR count). The number of pyridine rings is 1. The van der Waals surface area contributed by atoms with Gasteiger partial charge in [0.25, 0.3) is 0 Å². The van der Waals surface area contributed by atoms with Crippen LogP contribution in [0.2, 0.25) is 0 Å². The number of anilines is 2. The number of nitrogens with two attached hydrogens (primary N) is 3. The van der Waals surface area contributed by atoms with Gasteiger partial charge in [0.05, 0.1) is 17.9 Å². The van der Waals surface area contributed by atoms with Gasteiger partial charge in [-0.05, 0) is 31.2 Å². The zero-order valence-corrected chi connectivity index (χ0v) is 17.0. The fourth-order valence-electron chi connectivity index (χ4n) is 2.82. The topological polar surface area (TPSA) is 174 Å². The van der Waals surface area contributed by atoms with Crippen LogP contribution in [0.5, 0.6) is 0 Å². The smallest absolute Gasteiger partial charge is 0.356 e. The van der Waals surface area contributed by atoms with Crippen molar-refractivity contribution in [1.29, 1.82) is 5.26 Å². The number of aromatic carboxylic acids is 1. The summed E-state index contributed by atoms with van der Waals surface area (Å²) in [6.45, 7) is -0.886. The van der Waals surface area contributed by atoms with Crippen molar-refractivity contribution in [1.82, 2.24) is 4.98 Å². The number of aliphatic imine (C=N–C) groups is 1. The van der Waals surface area contributed by atoms with Gasteiger partial charge in [-0.3, -0.25) is 4.99 Å². The lowest BCUT2D eigenvalue weighted by Crippen LogP contribution is -2.56. The number of amidine groups is 1. The maximum Gasteiger partial charge on any atom is 0.356 e. The first-order valence-electron chi connectivity index (χ1n) is 9.08. The van der Waals surface area contributed by atoms with Crippen LogP contribution in [0.3, 0.4) is 0 Å². The van der Waals surface area contributed by atoms with Gasteiger partial charge in [-0.15, -0.1) is 0 Å². The molecule has 32 heavy (non-hydrogen) atoms. The maximum atomic E-state index is 13.9. The van der Waals surface area contributed by atoms with Gasteiger partial charge in [-0.25, -0.2) is 22.9 Å². The molecule has 0 amide bonds. The Morgan fingerprint density at radius 3 is 2.44 bits per heavy atom. The van der Waals surface area contributed by atoms with Gasteiger partial charge in [-0.1, -0.05) is 0 Å². The summed E-state index contributed by atoms with van der Waals surface area (Å²) in [6.07, 6.45) is 1.17. The van der Waals surface area contributed by atoms with Crippen LogP contribution in [0, 0.1) is 17.1 Å². The molecule has 0 saturated heterocycles. The third-order valence-corrected chi connectivity index (χ3v) is 4.71. The second-order valence-electron chi connectivity index (χ2n) is 7.14. The number of alkyl halides is 2. The molecule has 0 spiro atoms. The predicted molar refractivity (Wildman–Crippen MR) is 111 cm³/mol. The number of carboxylic acids is 1. The Morgan fingerprint density at radius 1 is 1.28 bits per heavy atom. The lowest BCUT2D eigenvalue weighted by atomic mass is 9.89. The number of rotatable bonds is 4. The summed E-state index contributed by atoms with van der Waals surface area (Å²) < 4.78 is 45.1. The summed E-state index contributed by atoms with van der Waals surface area (Å²) in [6, 6.07) is 7.09. The Labute approximate surface area is 181 Å². The molecule has 0 unspecified atom stereocenters. The Bertz CT molecular complexity index is 1080. The Morgan fingerprint density at radius 2 is 1.94 bits per heavy atom. The number of nitrogens with zero attached hydrogens (tertiary/aromatic N) is 3. The van der Waals surface area contributed by atoms with E-state index in [4.69, 9.17) is 32.3 Å². The van der Waals surface area contributed by atoms with Crippen molar-refractivity contribution in [2.24, 2.45) is 10.7 Å². The van der Waals surface area contributed by atoms with Gasteiger partial charge >= 0.3 is 5.97 Å². The molecule has 1 aliphatic heterocycles. The van der Waals surface area contributed by atoms with Crippen molar-refractivity contribution in [2.75, 3.05) is 31.4 Å². The predicted octanol–water partition coefficient (Wildman–Crippen LogP) is 1.92. The molecule has 170 valence electrons. The first-order valence-corrected chi connectivity index (χ1v) is 9.08. The number of nitrogen functional groups attached to an aromatic ring is 2. The number of hydrogen-bond acceptors (Lipinski definition) is 8. The molecular weight excluding hydrogens is 429 g/mol. The van der Waals surface area contributed by atoms with Crippen LogP contribution in [0.15, 0.2) is 35.5 Å². The van der Waals surface area contributed by atoms with Crippen LogP contribution in [-0.2, 0) is 10.3 Å². The van der Waals surface area contributed by atoms with Gasteiger partial charge in [0, 0.05) is 17.4 Å². The van der Waals surface area contributed by atoms with E-state index >= 15 is 0 Å². The number of ether oxygens (including phenoxy) is 1. The molecular formula is C20H21F3N6O3. The summed E-state index contributed by atoms with van der Waals surface area (Å²) in [5.74, 6) is -2.05. The maximum absolute atomic E-state index is 13.9. The molecule has 12 heteroatoms. The minimum atomic E-state index is -1.86. The lowest BCUT2D eigenvalue weighted by molar-refractivity contribution is -0.0575. The van der Waals surface area contributed by atoms with E-state index in [1.807, 2.05) is 0 Å². The summed E-state index contributed by atoms with van der Waals surface area (Å²) in [7, 11) is 0. The summed E-state index contributed by atoms with van der Waals surface area (Å²) in [4.78, 5) is 18.0. The summed E-state index contributed by atoms with van der Waals surface area (Å²) >= 11 is 0. The van der Waals surface area contributed by atoms with E-state index in [9.17, 15) is 18.0 Å². The summed E-state index contributed by atoms with van der Waals surface area (Å²) in [5, 5.41) is 16.9. The molecule has 2 heterocycles. The SMILES string of the molecule is C[C@@]1(c2cc(N)ccc2F)COC(CF)(CF)C(N)=N1.N#Cc1cnc(C(=O)O)c(N)c1. The number of carbonyl (C=O) groups is 1. The third-order valence-electron chi connectivity index (χ3n) is 4.71. The fourth-order valence-corrected chi connectivity index (χ4v) is 2.82. The Balaban J connectivity index is 0.000000258. The minimum Gasteiger partial charge on any atom is -0.476 e. The van der Waals surface area contributed by atoms with Crippen molar-refractivity contribution < 1.29 is 27.8 Å². The quantitative estimate of drug-likeness (QED) is 0.511. The summed E-state index contributed by atoms with van der Waals surface area (Å²) in [5.41, 5.74) is 14.1. The number of aromatic nitrogens is 1. The third kappa shape index (κ3) is 4.89. The average Bonchev–Trinajstić information content (AvgIpc) is 2.76. The fraction of sp³-hybridized carbons (Fsp3) is 0.300. The first kappa shape index (κ1) is 24.4. The molecule has 0 aliphatic carbocycles. The minimum absolute atomic E-state index is 0.00144. The highest BCUT2D eigenvalue weighted by Crippen LogP contribution is 2.35. The number of nitriles is 1. The zero-order chi connectivity index (χ0) is 24.1. The molecule has 1 aromatic carbocycles. The van der Waals surface area contributed by atoms with Gasteiger partial charge in [-0.2, -0.15) is 5.26 Å². The second kappa shape index (κ2) is 9.52. The van der Waals surface area contributed by atoms with Gasteiger partial charge in [0.1, 0.15) is 36.6 Å². The lowest BCUT2D eigenvalue weighted by Gasteiger charge is -2.39. The molecule has 0 fully saturated rings. The number of halogens is 3. The zero-order valence-electron chi connectivity index (χ0n) is 17.0. The average molecular weight is 450 g/mol. The van der Waals surface area contributed by atoms with Crippen LogP contribution in [-0.4, -0.2) is 47.5 Å². The van der Waals surface area contributed by atoms with E-state index in [2.05, 4.69) is 9.98 Å². The van der Waals surface area contributed by atoms with Crippen LogP contribution in [0.25, 0.3) is 0 Å². The van der Waals surface area contributed by atoms with Crippen LogP contribution in [0.1, 0.15) is 28.5 Å². The Hall–Kier alpha value is -3.85. The normalized spacial score (nSPS) is 19.2. The molecule has 0 bridgehead atoms. The largest absolute Gasteiger partial charge is 0.476 e. The van der Waals surface area contributed by atoms with Crippen molar-refractivity contribution in [3.05, 3.63) is 53.1 Å². The molecule has 7 N–H and O–H groups in total. The molecule has 1 aromatic heterocycles. The highest BCUT2D eigenvalue weighted by Gasteiger charge is 2.45. The van der Waals surface area contributed by atoms with Crippen LogP contribution < -0.4 is 17.2 Å². The van der Waals surface area contributed by atoms with Crippen molar-refractivity contribution in [2.45, 2.75) is 18.1 Å². The first-order chi connectivity index (χ1) is 15.0. The van der Waals surface area contributed by atoms with E-state index in [0.29, 0.717) is 5.69 Å². The van der Waals surface area contributed by atoms with Gasteiger partial charge in [0.2, 0.25) is 0 Å². The standard InChI is InChI=1S/C13H16F3N3O.C7H5N3O2/c1-12(9-4-8(17)2-3-10(9)16)7-20-13(5-14,6-15)11(18)19-12;8-2-4-1-5(9)6(7(11)12)10-3-4/h2-4H,5-7,17H2,1H3,(H2,18,19);1,3H,9H2,(H,11,12)/t12-;/m0./s1. The van der Waals surface area contributed by atoms with E-state index < -0.39 is 36.3 Å². The molecule has 1 atom stereocenters. The van der Waals surface area contributed by atoms with Crippen LogP contribution in [0.4, 0.5) is 24.5 Å². The number of benzene rings is 1. The molecule has 9 nitrogen and oxygen atoms in total. The van der Waals surface area contributed by atoms with Crippen molar-refractivity contribution in [3.63, 3.8) is 0 Å². The second-order valence-corrected chi connectivity index (χ2v) is 7.14. The van der Waals surface area contributed by atoms with Gasteiger partial charge in [0.15, 0.2) is 11.3 Å². The highest BCUT2D eigenvalue weighted by molar-refractivity contribution is 5.91. The van der Waals surface area contributed by atoms with E-state index in [-0.39, 0.29) is 35.0 Å². The van der Waals surface area contributed by atoms with Gasteiger partial charge < -0.3 is 27.0 Å². The number of carboxylic acid groups (broad SMARTS) is 1. The van der Waals surface area contributed by atoms with E-state index in [1.54, 1.807) is 13.0 Å². The Kier molecular flexibility index (Phi) is 7.27. The van der Waals surface area contributed by atoms with Crippen LogP contribution >= 0.6 is 0 Å². The van der Waals surface area contributed by atoms with E-state index in [0.717, 1.165) is 0 Å². The number of hydrogen-bond donors (Lipinski definition) is 4.